The lowest BCUT2D eigenvalue weighted by Crippen LogP contribution is -2.40. The maximum absolute atomic E-state index is 13.7. The lowest BCUT2D eigenvalue weighted by atomic mass is 9.73. The molecule has 8 aliphatic rings. The van der Waals surface area contributed by atoms with Gasteiger partial charge in [-0.15, -0.1) is 0 Å². The summed E-state index contributed by atoms with van der Waals surface area (Å²) in [5.74, 6) is 1.50. The van der Waals surface area contributed by atoms with E-state index in [0.717, 1.165) is 139 Å². The van der Waals surface area contributed by atoms with Crippen LogP contribution in [0.15, 0.2) is 298 Å². The number of carbonyl (C=O) groups is 2. The Hall–Kier alpha value is -12.1. The van der Waals surface area contributed by atoms with Gasteiger partial charge in [0.05, 0.1) is 38.4 Å². The summed E-state index contributed by atoms with van der Waals surface area (Å²) in [6, 6.07) is 98.9. The molecule has 0 unspecified atom stereocenters. The van der Waals surface area contributed by atoms with Crippen LogP contribution in [0.4, 0.5) is 11.4 Å². The predicted molar refractivity (Wildman–Crippen MR) is 562 cm³/mol. The highest BCUT2D eigenvalue weighted by atomic mass is 35.5. The average Bonchev–Trinajstić information content (AvgIpc) is 1.76. The van der Waals surface area contributed by atoms with Gasteiger partial charge in [-0.25, -0.2) is 0 Å². The van der Waals surface area contributed by atoms with Crippen LogP contribution in [0.2, 0.25) is 20.1 Å². The number of phenols is 4. The van der Waals surface area contributed by atoms with E-state index in [0.29, 0.717) is 69.5 Å². The van der Waals surface area contributed by atoms with Crippen molar-refractivity contribution in [1.29, 1.82) is 0 Å². The average molecular weight is 1930 g/mol. The molecule has 0 radical (unpaired) electrons. The van der Waals surface area contributed by atoms with Crippen molar-refractivity contribution in [2.24, 2.45) is 0 Å². The Balaban J connectivity index is 0.000000119. The lowest BCUT2D eigenvalue weighted by molar-refractivity contribution is -0.116. The Morgan fingerprint density at radius 1 is 0.374 bits per heavy atom. The maximum Gasteiger partial charge on any atom is 0.254 e. The number of halogens is 4. The SMILES string of the molecule is CC(=O)N(Cc1cccc2c1CC[C@H]1[C@H]2c2cc(O)c(Cl)cc2CCN1C)c1ccccc1.CN1CCc2cc(Cl)c(O)cc2[C@H]2c3cc(CN(Cc4ccccc4)C(=O)c4ccccc4)ccc3CC[C@@H]21.CN1CCc2cc(Cl)c(O)cc2[C@H]2c3cc(CNc4cccnc4)ccc3CC[C@@H]21.CN1CCc2cc(Cl)c(O)cc2[C@H]2c3cccc(CNC(c4ccccc4)c4ccccc4)c3CC[C@@H]21. The molecule has 0 bridgehead atoms. The van der Waals surface area contributed by atoms with Crippen LogP contribution >= 0.6 is 46.4 Å². The van der Waals surface area contributed by atoms with Crippen molar-refractivity contribution in [2.45, 2.75) is 171 Å². The van der Waals surface area contributed by atoms with E-state index >= 15 is 0 Å². The third-order valence-electron chi connectivity index (χ3n) is 30.7. The Morgan fingerprint density at radius 2 is 0.763 bits per heavy atom. The molecule has 4 aliphatic carbocycles. The summed E-state index contributed by atoms with van der Waals surface area (Å²) in [6.07, 6.45) is 15.9. The quantitative estimate of drug-likeness (QED) is 0.0541. The van der Waals surface area contributed by atoms with Gasteiger partial charge in [0.2, 0.25) is 5.91 Å². The number of pyridine rings is 1. The number of hydrogen-bond acceptors (Lipinski definition) is 13. The first-order valence-corrected chi connectivity index (χ1v) is 50.6. The monoisotopic (exact) mass is 1920 g/mol. The van der Waals surface area contributed by atoms with E-state index in [1.807, 2.05) is 156 Å². The van der Waals surface area contributed by atoms with Crippen molar-refractivity contribution in [3.8, 4) is 23.0 Å². The molecule has 5 heterocycles. The van der Waals surface area contributed by atoms with Crippen molar-refractivity contribution >= 4 is 69.6 Å². The minimum absolute atomic E-state index is 0.0224. The van der Waals surface area contributed by atoms with Crippen LogP contribution < -0.4 is 15.5 Å². The minimum atomic E-state index is 0.0224. The normalized spacial score (nSPS) is 19.4. The van der Waals surface area contributed by atoms with E-state index in [1.54, 1.807) is 13.1 Å². The summed E-state index contributed by atoms with van der Waals surface area (Å²) < 4.78 is 0. The number of anilines is 2. The molecule has 0 saturated heterocycles. The van der Waals surface area contributed by atoms with E-state index < -0.39 is 0 Å². The number of amides is 2. The fourth-order valence-electron chi connectivity index (χ4n) is 23.5. The molecule has 8 atom stereocenters. The zero-order chi connectivity index (χ0) is 96.1. The first-order chi connectivity index (χ1) is 67.6. The van der Waals surface area contributed by atoms with Crippen LogP contribution in [0.1, 0.15) is 201 Å². The Morgan fingerprint density at radius 3 is 1.21 bits per heavy atom. The molecule has 15 nitrogen and oxygen atoms in total. The Labute approximate surface area is 837 Å². The van der Waals surface area contributed by atoms with Gasteiger partial charge < -0.3 is 60.5 Å². The fourth-order valence-corrected chi connectivity index (χ4v) is 24.3. The Kier molecular flexibility index (Phi) is 29.6. The number of rotatable bonds is 16. The van der Waals surface area contributed by atoms with Gasteiger partial charge in [0.1, 0.15) is 23.0 Å². The summed E-state index contributed by atoms with van der Waals surface area (Å²) in [6.45, 7) is 8.72. The van der Waals surface area contributed by atoms with Gasteiger partial charge >= 0.3 is 0 Å². The molecule has 0 saturated carbocycles. The highest BCUT2D eigenvalue weighted by Gasteiger charge is 2.43. The van der Waals surface area contributed by atoms with Crippen LogP contribution in [0.25, 0.3) is 0 Å². The van der Waals surface area contributed by atoms with Crippen molar-refractivity contribution in [1.82, 2.24) is 34.8 Å². The second kappa shape index (κ2) is 42.9. The maximum atomic E-state index is 13.7. The number of carbonyl (C=O) groups excluding carboxylic acids is 2. The van der Waals surface area contributed by atoms with Crippen LogP contribution in [-0.4, -0.2) is 140 Å². The number of fused-ring (bicyclic) bond motifs is 20. The first kappa shape index (κ1) is 95.8. The van der Waals surface area contributed by atoms with Crippen molar-refractivity contribution in [2.75, 3.05) is 64.6 Å². The summed E-state index contributed by atoms with van der Waals surface area (Å²) >= 11 is 25.2. The van der Waals surface area contributed by atoms with Crippen molar-refractivity contribution in [3.05, 3.63) is 451 Å². The lowest BCUT2D eigenvalue weighted by Gasteiger charge is -2.39. The number of hydrogen-bond donors (Lipinski definition) is 6. The number of aromatic hydroxyl groups is 4. The second-order valence-corrected chi connectivity index (χ2v) is 40.6. The molecule has 0 fully saturated rings. The van der Waals surface area contributed by atoms with E-state index in [1.165, 1.54) is 117 Å². The van der Waals surface area contributed by atoms with Crippen molar-refractivity contribution in [3.63, 3.8) is 0 Å². The highest BCUT2D eigenvalue weighted by molar-refractivity contribution is 6.33. The summed E-state index contributed by atoms with van der Waals surface area (Å²) in [5.41, 5.74) is 31.8. The summed E-state index contributed by atoms with van der Waals surface area (Å²) in [5, 5.41) is 51.0. The van der Waals surface area contributed by atoms with Crippen LogP contribution in [0.3, 0.4) is 0 Å². The molecule has 14 aromatic rings. The third-order valence-corrected chi connectivity index (χ3v) is 31.9. The molecule has 139 heavy (non-hydrogen) atoms. The standard InChI is InChI=1S/C34H33ClN2O2.C33H33ClN2O.C28H29ClN2O2.C25H26ClN3O/c1-36-17-16-27-19-30(35)32(38)20-29(27)33-28-18-24(12-13-25(28)14-15-31(33)36)22-37(21-23-8-4-2-5-9-23)34(39)26-10-6-3-7-11-26;1-36-18-17-24-19-29(34)31(37)20-28(24)32-27-14-8-13-25(26(27)15-16-30(32)36)21-35-33(22-9-4-2-5-10-22)23-11-6-3-7-12-23;1-18(32)31(21-8-4-3-5-9-21)17-20-7-6-10-23-22(20)11-12-26-28(23)24-16-27(33)25(29)15-19(24)13-14-30(26)2;1-29-10-8-18-12-22(26)24(30)13-21(18)25-20-11-16(4-5-17(20)6-7-23(25)29)14-28-19-3-2-9-27-15-19/h2-13,18-20,31,33,38H,14-17,21-22H2,1H3;2-14,19-20,30,32-33,35,37H,15-18,21H2,1H3;3-10,15-16,26,28,33H,11-14,17H2,1-2H3;2-5,9,11-13,15,23,25,28,30H,6-8,10,14H2,1H3/t31-,33+;30-,32+;26-,28+;23-,25+/m0000/s1. The van der Waals surface area contributed by atoms with Gasteiger partial charge in [0.15, 0.2) is 0 Å². The fraction of sp³-hybridized carbons (Fsp3) is 0.292. The number of nitrogens with one attached hydrogen (secondary N) is 2. The number of benzene rings is 13. The molecule has 0 spiro atoms. The summed E-state index contributed by atoms with van der Waals surface area (Å²) in [7, 11) is 8.88. The van der Waals surface area contributed by atoms with Gasteiger partial charge in [-0.3, -0.25) is 14.6 Å². The molecule has 2 amide bonds. The number of aromatic nitrogens is 1. The first-order valence-electron chi connectivity index (χ1n) is 49.1. The van der Waals surface area contributed by atoms with Gasteiger partial charge in [-0.05, 0) is 318 Å². The smallest absolute Gasteiger partial charge is 0.254 e. The molecule has 6 N–H and O–H groups in total. The predicted octanol–water partition coefficient (Wildman–Crippen LogP) is 24.2. The number of nitrogens with zero attached hydrogens (tertiary/aromatic N) is 7. The van der Waals surface area contributed by atoms with Gasteiger partial charge in [-0.1, -0.05) is 247 Å². The zero-order valence-electron chi connectivity index (χ0n) is 79.6. The van der Waals surface area contributed by atoms with E-state index in [2.05, 4.69) is 209 Å². The third kappa shape index (κ3) is 20.9. The molecule has 1 aromatic heterocycles. The Bertz CT molecular complexity index is 6700. The molecular weight excluding hydrogens is 1810 g/mol. The zero-order valence-corrected chi connectivity index (χ0v) is 82.6. The number of likely N-dealkylation sites (N-methyl/N-ethyl adjacent to an activating group) is 4. The van der Waals surface area contributed by atoms with Gasteiger partial charge in [0, 0.05) is 131 Å². The molecule has 13 aromatic carbocycles. The topological polar surface area (TPSA) is 171 Å². The number of phenolic OH excluding ortho intramolecular Hbond substituents is 4. The van der Waals surface area contributed by atoms with Gasteiger partial charge in [-0.2, -0.15) is 0 Å². The molecule has 19 heteroatoms. The number of aryl methyl sites for hydroxylation is 2. The van der Waals surface area contributed by atoms with Gasteiger partial charge in [0.25, 0.3) is 5.91 Å². The molecule has 22 rings (SSSR count). The van der Waals surface area contributed by atoms with Crippen molar-refractivity contribution < 1.29 is 30.0 Å². The van der Waals surface area contributed by atoms with E-state index in [9.17, 15) is 30.0 Å². The molecule has 710 valence electrons. The molecular formula is C120H121Cl4N9O6. The van der Waals surface area contributed by atoms with Crippen LogP contribution in [-0.2, 0) is 88.9 Å². The summed E-state index contributed by atoms with van der Waals surface area (Å²) in [4.78, 5) is 44.1. The largest absolute Gasteiger partial charge is 0.506 e. The van der Waals surface area contributed by atoms with E-state index in [-0.39, 0.29) is 64.5 Å². The van der Waals surface area contributed by atoms with E-state index in [4.69, 9.17) is 46.4 Å². The second-order valence-electron chi connectivity index (χ2n) is 39.0. The van der Waals surface area contributed by atoms with Crippen LogP contribution in [0, 0.1) is 0 Å². The highest BCUT2D eigenvalue weighted by Crippen LogP contribution is 2.51. The van der Waals surface area contributed by atoms with Crippen LogP contribution in [0.5, 0.6) is 23.0 Å². The minimum Gasteiger partial charge on any atom is -0.506 e. The number of para-hydroxylation sites is 1. The molecule has 4 aliphatic heterocycles.